The van der Waals surface area contributed by atoms with Crippen LogP contribution in [-0.2, 0) is 20.8 Å². The van der Waals surface area contributed by atoms with Crippen molar-refractivity contribution in [2.45, 2.75) is 40.0 Å². The number of benzene rings is 1. The first kappa shape index (κ1) is 19.2. The van der Waals surface area contributed by atoms with Crippen LogP contribution in [0, 0.1) is 11.3 Å². The largest absolute Gasteiger partial charge is 0.349 e. The SMILES string of the molecule is CC(C)(C)C(=O)N1CCC(C(=O)CNC(=O)Cc2ccccc2)CC1. The molecular weight excluding hydrogens is 316 g/mol. The predicted molar refractivity (Wildman–Crippen MR) is 96.9 cm³/mol. The van der Waals surface area contributed by atoms with Gasteiger partial charge in [-0.1, -0.05) is 51.1 Å². The third-order valence-corrected chi connectivity index (χ3v) is 4.55. The van der Waals surface area contributed by atoms with E-state index in [0.29, 0.717) is 25.9 Å². The third-order valence-electron chi connectivity index (χ3n) is 4.55. The van der Waals surface area contributed by atoms with E-state index in [-0.39, 0.29) is 41.9 Å². The fraction of sp³-hybridized carbons (Fsp3) is 0.550. The zero-order valence-electron chi connectivity index (χ0n) is 15.4. The van der Waals surface area contributed by atoms with E-state index >= 15 is 0 Å². The second-order valence-corrected chi connectivity index (χ2v) is 7.72. The summed E-state index contributed by atoms with van der Waals surface area (Å²) >= 11 is 0. The second kappa shape index (κ2) is 8.28. The number of piperidine rings is 1. The highest BCUT2D eigenvalue weighted by Crippen LogP contribution is 2.23. The quantitative estimate of drug-likeness (QED) is 0.890. The fourth-order valence-corrected chi connectivity index (χ4v) is 3.05. The van der Waals surface area contributed by atoms with Crippen LogP contribution < -0.4 is 5.32 Å². The molecule has 2 rings (SSSR count). The van der Waals surface area contributed by atoms with Crippen LogP contribution in [0.5, 0.6) is 0 Å². The summed E-state index contributed by atoms with van der Waals surface area (Å²) in [6, 6.07) is 9.47. The second-order valence-electron chi connectivity index (χ2n) is 7.72. The molecule has 1 aliphatic heterocycles. The van der Waals surface area contributed by atoms with Gasteiger partial charge in [0.2, 0.25) is 11.8 Å². The van der Waals surface area contributed by atoms with E-state index in [2.05, 4.69) is 5.32 Å². The van der Waals surface area contributed by atoms with Crippen molar-refractivity contribution in [2.75, 3.05) is 19.6 Å². The Balaban J connectivity index is 1.74. The maximum Gasteiger partial charge on any atom is 0.227 e. The van der Waals surface area contributed by atoms with Gasteiger partial charge in [0.05, 0.1) is 13.0 Å². The number of likely N-dealkylation sites (tertiary alicyclic amines) is 1. The number of hydrogen-bond donors (Lipinski definition) is 1. The highest BCUT2D eigenvalue weighted by atomic mass is 16.2. The molecule has 25 heavy (non-hydrogen) atoms. The van der Waals surface area contributed by atoms with Crippen LogP contribution in [0.3, 0.4) is 0 Å². The molecule has 0 saturated carbocycles. The first-order valence-corrected chi connectivity index (χ1v) is 8.90. The van der Waals surface area contributed by atoms with Gasteiger partial charge in [-0.25, -0.2) is 0 Å². The molecule has 1 aromatic carbocycles. The molecule has 0 aliphatic carbocycles. The smallest absolute Gasteiger partial charge is 0.227 e. The number of carbonyl (C=O) groups excluding carboxylic acids is 3. The lowest BCUT2D eigenvalue weighted by atomic mass is 9.89. The Kier molecular flexibility index (Phi) is 6.34. The van der Waals surface area contributed by atoms with Crippen molar-refractivity contribution in [1.82, 2.24) is 10.2 Å². The highest BCUT2D eigenvalue weighted by Gasteiger charge is 2.32. The summed E-state index contributed by atoms with van der Waals surface area (Å²) in [7, 11) is 0. The lowest BCUT2D eigenvalue weighted by molar-refractivity contribution is -0.142. The van der Waals surface area contributed by atoms with Crippen LogP contribution in [0.4, 0.5) is 0 Å². The van der Waals surface area contributed by atoms with Crippen LogP contribution in [-0.4, -0.2) is 42.1 Å². The lowest BCUT2D eigenvalue weighted by Gasteiger charge is -2.35. The number of nitrogens with zero attached hydrogens (tertiary/aromatic N) is 1. The minimum absolute atomic E-state index is 0.0595. The van der Waals surface area contributed by atoms with Crippen molar-refractivity contribution in [1.29, 1.82) is 0 Å². The molecule has 1 heterocycles. The number of amides is 2. The van der Waals surface area contributed by atoms with E-state index in [1.165, 1.54) is 0 Å². The summed E-state index contributed by atoms with van der Waals surface area (Å²) in [5.41, 5.74) is 0.545. The average molecular weight is 344 g/mol. The highest BCUT2D eigenvalue weighted by molar-refractivity contribution is 5.88. The van der Waals surface area contributed by atoms with Crippen molar-refractivity contribution in [2.24, 2.45) is 11.3 Å². The van der Waals surface area contributed by atoms with Gasteiger partial charge in [0.15, 0.2) is 5.78 Å². The molecule has 5 nitrogen and oxygen atoms in total. The molecule has 0 atom stereocenters. The zero-order chi connectivity index (χ0) is 18.4. The Morgan fingerprint density at radius 2 is 1.68 bits per heavy atom. The molecule has 0 radical (unpaired) electrons. The van der Waals surface area contributed by atoms with Gasteiger partial charge in [-0.2, -0.15) is 0 Å². The average Bonchev–Trinajstić information content (AvgIpc) is 2.59. The topological polar surface area (TPSA) is 66.5 Å². The third kappa shape index (κ3) is 5.69. The number of hydrogen-bond acceptors (Lipinski definition) is 3. The summed E-state index contributed by atoms with van der Waals surface area (Å²) in [4.78, 5) is 38.4. The van der Waals surface area contributed by atoms with Crippen molar-refractivity contribution >= 4 is 17.6 Å². The molecule has 0 spiro atoms. The zero-order valence-corrected chi connectivity index (χ0v) is 15.4. The molecule has 1 fully saturated rings. The van der Waals surface area contributed by atoms with Gasteiger partial charge in [0.1, 0.15) is 0 Å². The van der Waals surface area contributed by atoms with Gasteiger partial charge in [-0.15, -0.1) is 0 Å². The lowest BCUT2D eigenvalue weighted by Crippen LogP contribution is -2.46. The van der Waals surface area contributed by atoms with Gasteiger partial charge in [-0.05, 0) is 18.4 Å². The monoisotopic (exact) mass is 344 g/mol. The summed E-state index contributed by atoms with van der Waals surface area (Å²) in [6.45, 7) is 7.04. The molecule has 5 heteroatoms. The van der Waals surface area contributed by atoms with E-state index < -0.39 is 0 Å². The molecular formula is C20H28N2O3. The van der Waals surface area contributed by atoms with E-state index in [4.69, 9.17) is 0 Å². The van der Waals surface area contributed by atoms with Crippen LogP contribution in [0.1, 0.15) is 39.2 Å². The number of rotatable bonds is 5. The molecule has 0 aromatic heterocycles. The van der Waals surface area contributed by atoms with Gasteiger partial charge >= 0.3 is 0 Å². The fourth-order valence-electron chi connectivity index (χ4n) is 3.05. The minimum Gasteiger partial charge on any atom is -0.349 e. The Hall–Kier alpha value is -2.17. The van der Waals surface area contributed by atoms with Crippen LogP contribution in [0.2, 0.25) is 0 Å². The number of Topliss-reactive ketones (excluding diaryl/α,β-unsaturated/α-hetero) is 1. The number of ketones is 1. The van der Waals surface area contributed by atoms with Gasteiger partial charge < -0.3 is 10.2 Å². The Bertz CT molecular complexity index is 612. The van der Waals surface area contributed by atoms with Crippen molar-refractivity contribution in [3.63, 3.8) is 0 Å². The van der Waals surface area contributed by atoms with E-state index in [0.717, 1.165) is 5.56 Å². The normalized spacial score (nSPS) is 15.7. The van der Waals surface area contributed by atoms with Gasteiger partial charge in [-0.3, -0.25) is 14.4 Å². The van der Waals surface area contributed by atoms with Crippen LogP contribution in [0.15, 0.2) is 30.3 Å². The molecule has 0 unspecified atom stereocenters. The standard InChI is InChI=1S/C20H28N2O3/c1-20(2,3)19(25)22-11-9-16(10-12-22)17(23)14-21-18(24)13-15-7-5-4-6-8-15/h4-8,16H,9-14H2,1-3H3,(H,21,24). The molecule has 1 aromatic rings. The molecule has 2 amide bonds. The van der Waals surface area contributed by atoms with Crippen LogP contribution >= 0.6 is 0 Å². The first-order valence-electron chi connectivity index (χ1n) is 8.90. The maximum absolute atomic E-state index is 12.3. The van der Waals surface area contributed by atoms with E-state index in [1.54, 1.807) is 0 Å². The Labute approximate surface area is 149 Å². The van der Waals surface area contributed by atoms with Crippen molar-refractivity contribution in [3.8, 4) is 0 Å². The summed E-state index contributed by atoms with van der Waals surface area (Å²) < 4.78 is 0. The Morgan fingerprint density at radius 3 is 2.24 bits per heavy atom. The molecule has 1 aliphatic rings. The van der Waals surface area contributed by atoms with Crippen LogP contribution in [0.25, 0.3) is 0 Å². The van der Waals surface area contributed by atoms with E-state index in [1.807, 2.05) is 56.0 Å². The summed E-state index contributed by atoms with van der Waals surface area (Å²) in [6.07, 6.45) is 1.64. The summed E-state index contributed by atoms with van der Waals surface area (Å²) in [5.74, 6) is -0.0141. The predicted octanol–water partition coefficient (Wildman–Crippen LogP) is 2.20. The first-order chi connectivity index (χ1) is 11.8. The number of nitrogens with one attached hydrogen (secondary N) is 1. The number of carbonyl (C=O) groups is 3. The molecule has 1 N–H and O–H groups in total. The van der Waals surface area contributed by atoms with E-state index in [9.17, 15) is 14.4 Å². The molecule has 1 saturated heterocycles. The van der Waals surface area contributed by atoms with Gasteiger partial charge in [0, 0.05) is 24.4 Å². The van der Waals surface area contributed by atoms with Crippen molar-refractivity contribution < 1.29 is 14.4 Å². The molecule has 136 valence electrons. The van der Waals surface area contributed by atoms with Gasteiger partial charge in [0.25, 0.3) is 0 Å². The minimum atomic E-state index is -0.387. The van der Waals surface area contributed by atoms with Crippen molar-refractivity contribution in [3.05, 3.63) is 35.9 Å². The summed E-state index contributed by atoms with van der Waals surface area (Å²) in [5, 5.41) is 2.72. The molecule has 0 bridgehead atoms. The maximum atomic E-state index is 12.3. The Morgan fingerprint density at radius 1 is 1.08 bits per heavy atom.